The summed E-state index contributed by atoms with van der Waals surface area (Å²) in [5.74, 6) is 1.10. The second-order valence-corrected chi connectivity index (χ2v) is 5.82. The summed E-state index contributed by atoms with van der Waals surface area (Å²) in [7, 11) is 1.75. The zero-order chi connectivity index (χ0) is 13.4. The number of methoxy groups -OCH3 is 1. The standard InChI is InChI=1S/C15H25NOS/c1-4-14(16)15(18-11-7-10-17-3)13-9-6-5-8-12(13)2/h5-6,8-9,14-15H,4,7,10-11,16H2,1-3H3. The van der Waals surface area contributed by atoms with Crippen LogP contribution in [-0.4, -0.2) is 25.5 Å². The number of rotatable bonds is 8. The molecule has 0 saturated carbocycles. The van der Waals surface area contributed by atoms with Crippen LogP contribution >= 0.6 is 11.8 Å². The SMILES string of the molecule is CCC(N)C(SCCCOC)c1ccccc1C. The van der Waals surface area contributed by atoms with Crippen molar-refractivity contribution in [3.05, 3.63) is 35.4 Å². The highest BCUT2D eigenvalue weighted by molar-refractivity contribution is 7.99. The summed E-state index contributed by atoms with van der Waals surface area (Å²) in [6, 6.07) is 8.79. The highest BCUT2D eigenvalue weighted by atomic mass is 32.2. The Kier molecular flexibility index (Phi) is 7.40. The van der Waals surface area contributed by atoms with Gasteiger partial charge in [0.1, 0.15) is 0 Å². The second-order valence-electron chi connectivity index (χ2n) is 4.57. The zero-order valence-electron chi connectivity index (χ0n) is 11.7. The molecular weight excluding hydrogens is 242 g/mol. The van der Waals surface area contributed by atoms with Gasteiger partial charge >= 0.3 is 0 Å². The smallest absolute Gasteiger partial charge is 0.0470 e. The topological polar surface area (TPSA) is 35.2 Å². The van der Waals surface area contributed by atoms with Crippen molar-refractivity contribution < 1.29 is 4.74 Å². The number of hydrogen-bond donors (Lipinski definition) is 1. The minimum absolute atomic E-state index is 0.221. The Morgan fingerprint density at radius 3 is 2.67 bits per heavy atom. The Bertz CT molecular complexity index is 343. The molecule has 18 heavy (non-hydrogen) atoms. The van der Waals surface area contributed by atoms with Crippen molar-refractivity contribution in [1.29, 1.82) is 0 Å². The molecule has 102 valence electrons. The van der Waals surface area contributed by atoms with E-state index in [1.54, 1.807) is 7.11 Å². The molecule has 1 aromatic rings. The van der Waals surface area contributed by atoms with Gasteiger partial charge < -0.3 is 10.5 Å². The van der Waals surface area contributed by atoms with Crippen molar-refractivity contribution in [3.63, 3.8) is 0 Å². The molecule has 0 aliphatic carbocycles. The van der Waals surface area contributed by atoms with Gasteiger partial charge in [-0.1, -0.05) is 31.2 Å². The van der Waals surface area contributed by atoms with Crippen LogP contribution in [0, 0.1) is 6.92 Å². The highest BCUT2D eigenvalue weighted by Gasteiger charge is 2.20. The maximum Gasteiger partial charge on any atom is 0.0470 e. The predicted molar refractivity (Wildman–Crippen MR) is 81.1 cm³/mol. The van der Waals surface area contributed by atoms with Gasteiger partial charge in [-0.2, -0.15) is 11.8 Å². The maximum absolute atomic E-state index is 6.28. The maximum atomic E-state index is 6.28. The van der Waals surface area contributed by atoms with Crippen LogP contribution in [0.2, 0.25) is 0 Å². The first-order valence-electron chi connectivity index (χ1n) is 6.62. The summed E-state index contributed by atoms with van der Waals surface area (Å²) in [6.07, 6.45) is 2.09. The molecule has 0 aliphatic heterocycles. The first-order chi connectivity index (χ1) is 8.70. The lowest BCUT2D eigenvalue weighted by Crippen LogP contribution is -2.26. The van der Waals surface area contributed by atoms with E-state index in [9.17, 15) is 0 Å². The van der Waals surface area contributed by atoms with E-state index in [4.69, 9.17) is 10.5 Å². The summed E-state index contributed by atoms with van der Waals surface area (Å²) in [6.45, 7) is 5.15. The third-order valence-corrected chi connectivity index (χ3v) is 4.63. The molecule has 0 bridgehead atoms. The fraction of sp³-hybridized carbons (Fsp3) is 0.600. The number of aryl methyl sites for hydroxylation is 1. The van der Waals surface area contributed by atoms with Crippen molar-refractivity contribution in [2.45, 2.75) is 38.0 Å². The summed E-state index contributed by atoms with van der Waals surface area (Å²) in [5.41, 5.74) is 9.00. The minimum Gasteiger partial charge on any atom is -0.385 e. The summed E-state index contributed by atoms with van der Waals surface area (Å²) < 4.78 is 5.10. The Balaban J connectivity index is 2.69. The van der Waals surface area contributed by atoms with E-state index in [1.807, 2.05) is 11.8 Å². The van der Waals surface area contributed by atoms with Crippen LogP contribution in [0.1, 0.15) is 36.1 Å². The van der Waals surface area contributed by atoms with E-state index < -0.39 is 0 Å². The van der Waals surface area contributed by atoms with Gasteiger partial charge in [-0.25, -0.2) is 0 Å². The Hall–Kier alpha value is -0.510. The van der Waals surface area contributed by atoms with Crippen LogP contribution < -0.4 is 5.73 Å². The molecule has 1 aromatic carbocycles. The Morgan fingerprint density at radius 1 is 1.33 bits per heavy atom. The first-order valence-corrected chi connectivity index (χ1v) is 7.67. The normalized spacial score (nSPS) is 14.4. The van der Waals surface area contributed by atoms with Gasteiger partial charge in [0.15, 0.2) is 0 Å². The molecule has 0 radical (unpaired) electrons. The molecule has 2 N–H and O–H groups in total. The van der Waals surface area contributed by atoms with Crippen LogP contribution in [0.5, 0.6) is 0 Å². The summed E-state index contributed by atoms with van der Waals surface area (Å²) in [4.78, 5) is 0. The largest absolute Gasteiger partial charge is 0.385 e. The van der Waals surface area contributed by atoms with Crippen LogP contribution in [0.15, 0.2) is 24.3 Å². The number of ether oxygens (including phenoxy) is 1. The van der Waals surface area contributed by atoms with Crippen LogP contribution in [0.25, 0.3) is 0 Å². The lowest BCUT2D eigenvalue weighted by Gasteiger charge is -2.24. The molecule has 0 saturated heterocycles. The molecule has 0 heterocycles. The third-order valence-electron chi connectivity index (χ3n) is 3.15. The molecule has 0 aliphatic rings. The average Bonchev–Trinajstić information content (AvgIpc) is 2.39. The van der Waals surface area contributed by atoms with E-state index in [0.717, 1.165) is 25.2 Å². The van der Waals surface area contributed by atoms with Gasteiger partial charge in [0.2, 0.25) is 0 Å². The molecule has 0 fully saturated rings. The van der Waals surface area contributed by atoms with E-state index in [1.165, 1.54) is 11.1 Å². The van der Waals surface area contributed by atoms with E-state index in [-0.39, 0.29) is 6.04 Å². The summed E-state index contributed by atoms with van der Waals surface area (Å²) >= 11 is 1.96. The molecule has 2 atom stereocenters. The van der Waals surface area contributed by atoms with Gasteiger partial charge in [-0.3, -0.25) is 0 Å². The van der Waals surface area contributed by atoms with Gasteiger partial charge in [0.05, 0.1) is 0 Å². The molecule has 2 unspecified atom stereocenters. The van der Waals surface area contributed by atoms with Gasteiger partial charge in [-0.15, -0.1) is 0 Å². The van der Waals surface area contributed by atoms with Crippen molar-refractivity contribution in [3.8, 4) is 0 Å². The first kappa shape index (κ1) is 15.5. The number of nitrogens with two attached hydrogens (primary N) is 1. The molecule has 2 nitrogen and oxygen atoms in total. The molecule has 0 spiro atoms. The highest BCUT2D eigenvalue weighted by Crippen LogP contribution is 2.34. The van der Waals surface area contributed by atoms with Crippen molar-refractivity contribution in [2.24, 2.45) is 5.73 Å². The molecule has 0 amide bonds. The molecule has 3 heteroatoms. The number of hydrogen-bond acceptors (Lipinski definition) is 3. The quantitative estimate of drug-likeness (QED) is 0.732. The van der Waals surface area contributed by atoms with Crippen LogP contribution in [0.4, 0.5) is 0 Å². The van der Waals surface area contributed by atoms with Crippen molar-refractivity contribution >= 4 is 11.8 Å². The average molecular weight is 267 g/mol. The monoisotopic (exact) mass is 267 g/mol. The lowest BCUT2D eigenvalue weighted by molar-refractivity contribution is 0.200. The van der Waals surface area contributed by atoms with Crippen LogP contribution in [0.3, 0.4) is 0 Å². The Morgan fingerprint density at radius 2 is 2.06 bits per heavy atom. The van der Waals surface area contributed by atoms with Gasteiger partial charge in [0.25, 0.3) is 0 Å². The fourth-order valence-corrected chi connectivity index (χ4v) is 3.40. The molecular formula is C15H25NOS. The summed E-state index contributed by atoms with van der Waals surface area (Å²) in [5, 5.41) is 0.396. The van der Waals surface area contributed by atoms with Crippen molar-refractivity contribution in [1.82, 2.24) is 0 Å². The minimum atomic E-state index is 0.221. The third kappa shape index (κ3) is 4.63. The lowest BCUT2D eigenvalue weighted by atomic mass is 10.00. The van der Waals surface area contributed by atoms with E-state index in [0.29, 0.717) is 5.25 Å². The zero-order valence-corrected chi connectivity index (χ0v) is 12.5. The van der Waals surface area contributed by atoms with E-state index >= 15 is 0 Å². The van der Waals surface area contributed by atoms with Gasteiger partial charge in [-0.05, 0) is 36.6 Å². The molecule has 1 rings (SSSR count). The van der Waals surface area contributed by atoms with Crippen LogP contribution in [-0.2, 0) is 4.74 Å². The van der Waals surface area contributed by atoms with Crippen molar-refractivity contribution in [2.75, 3.05) is 19.5 Å². The Labute approximate surface area is 115 Å². The molecule has 0 aromatic heterocycles. The second kappa shape index (κ2) is 8.57. The number of thioether (sulfide) groups is 1. The van der Waals surface area contributed by atoms with E-state index in [2.05, 4.69) is 38.1 Å². The number of benzene rings is 1. The fourth-order valence-electron chi connectivity index (χ4n) is 1.98. The predicted octanol–water partition coefficient (Wildman–Crippen LogP) is 3.54. The van der Waals surface area contributed by atoms with Gasteiger partial charge in [0, 0.05) is 25.0 Å².